The fourth-order valence-corrected chi connectivity index (χ4v) is 2.51. The minimum Gasteiger partial charge on any atom is -0.313 e. The first-order valence-electron chi connectivity index (χ1n) is 6.73. The molecule has 0 amide bonds. The normalized spacial score (nSPS) is 12.4. The molecule has 0 aromatic heterocycles. The van der Waals surface area contributed by atoms with Crippen LogP contribution in [0.25, 0.3) is 0 Å². The highest BCUT2D eigenvalue weighted by Crippen LogP contribution is 2.25. The largest absolute Gasteiger partial charge is 0.313 e. The van der Waals surface area contributed by atoms with Crippen molar-refractivity contribution in [1.82, 2.24) is 5.32 Å². The molecule has 0 fully saturated rings. The molecule has 18 heavy (non-hydrogen) atoms. The molecule has 0 aliphatic carbocycles. The third-order valence-corrected chi connectivity index (χ3v) is 4.20. The Morgan fingerprint density at radius 3 is 2.72 bits per heavy atom. The van der Waals surface area contributed by atoms with Crippen LogP contribution in [0.4, 0.5) is 0 Å². The van der Waals surface area contributed by atoms with Gasteiger partial charge in [-0.2, -0.15) is 0 Å². The maximum atomic E-state index is 3.76. The summed E-state index contributed by atoms with van der Waals surface area (Å²) in [6, 6.07) is 7.11. The van der Waals surface area contributed by atoms with Crippen LogP contribution < -0.4 is 5.32 Å². The standard InChI is InChI=1S/C16H24BrN/c1-4-5-6-7-8-9-16(18-3)14-11-10-13(2)15(17)12-14/h4,10-12,16,18H,1,5-9H2,2-3H3. The summed E-state index contributed by atoms with van der Waals surface area (Å²) in [5.41, 5.74) is 2.67. The van der Waals surface area contributed by atoms with E-state index in [4.69, 9.17) is 0 Å². The Labute approximate surface area is 120 Å². The summed E-state index contributed by atoms with van der Waals surface area (Å²) in [5.74, 6) is 0. The van der Waals surface area contributed by atoms with Crippen molar-refractivity contribution in [3.05, 3.63) is 46.5 Å². The Balaban J connectivity index is 2.49. The van der Waals surface area contributed by atoms with Gasteiger partial charge >= 0.3 is 0 Å². The van der Waals surface area contributed by atoms with E-state index >= 15 is 0 Å². The zero-order chi connectivity index (χ0) is 13.4. The molecule has 0 bridgehead atoms. The van der Waals surface area contributed by atoms with Gasteiger partial charge in [0, 0.05) is 10.5 Å². The zero-order valence-corrected chi connectivity index (χ0v) is 13.1. The SMILES string of the molecule is C=CCCCCCC(NC)c1ccc(C)c(Br)c1. The molecule has 1 nitrogen and oxygen atoms in total. The van der Waals surface area contributed by atoms with E-state index in [-0.39, 0.29) is 0 Å². The van der Waals surface area contributed by atoms with Crippen molar-refractivity contribution in [1.29, 1.82) is 0 Å². The van der Waals surface area contributed by atoms with Crippen LogP contribution in [0.2, 0.25) is 0 Å². The Morgan fingerprint density at radius 2 is 2.11 bits per heavy atom. The Morgan fingerprint density at radius 1 is 1.33 bits per heavy atom. The van der Waals surface area contributed by atoms with Gasteiger partial charge in [-0.1, -0.05) is 47.0 Å². The smallest absolute Gasteiger partial charge is 0.0317 e. The van der Waals surface area contributed by atoms with Crippen molar-refractivity contribution in [3.8, 4) is 0 Å². The summed E-state index contributed by atoms with van der Waals surface area (Å²) in [6.07, 6.45) is 8.16. The van der Waals surface area contributed by atoms with E-state index in [9.17, 15) is 0 Å². The Hall–Kier alpha value is -0.600. The maximum absolute atomic E-state index is 3.76. The second-order valence-electron chi connectivity index (χ2n) is 4.78. The molecule has 1 rings (SSSR count). The highest BCUT2D eigenvalue weighted by Gasteiger charge is 2.09. The van der Waals surface area contributed by atoms with E-state index in [1.807, 2.05) is 13.1 Å². The first-order valence-corrected chi connectivity index (χ1v) is 7.52. The summed E-state index contributed by atoms with van der Waals surface area (Å²) in [7, 11) is 2.04. The molecule has 2 heteroatoms. The van der Waals surface area contributed by atoms with Gasteiger partial charge in [0.1, 0.15) is 0 Å². The summed E-state index contributed by atoms with van der Waals surface area (Å²) in [5, 5.41) is 3.41. The van der Waals surface area contributed by atoms with Crippen molar-refractivity contribution < 1.29 is 0 Å². The fourth-order valence-electron chi connectivity index (χ4n) is 2.12. The lowest BCUT2D eigenvalue weighted by molar-refractivity contribution is 0.507. The molecule has 100 valence electrons. The van der Waals surface area contributed by atoms with Crippen LogP contribution in [0.3, 0.4) is 0 Å². The van der Waals surface area contributed by atoms with Crippen LogP contribution in [-0.4, -0.2) is 7.05 Å². The third-order valence-electron chi connectivity index (χ3n) is 3.35. The van der Waals surface area contributed by atoms with E-state index in [0.29, 0.717) is 6.04 Å². The Bertz CT molecular complexity index is 373. The monoisotopic (exact) mass is 309 g/mol. The van der Waals surface area contributed by atoms with Gasteiger partial charge in [-0.15, -0.1) is 6.58 Å². The number of benzene rings is 1. The van der Waals surface area contributed by atoms with Crippen LogP contribution >= 0.6 is 15.9 Å². The van der Waals surface area contributed by atoms with E-state index in [1.54, 1.807) is 0 Å². The van der Waals surface area contributed by atoms with E-state index in [2.05, 4.69) is 52.9 Å². The number of unbranched alkanes of at least 4 members (excludes halogenated alkanes) is 3. The highest BCUT2D eigenvalue weighted by molar-refractivity contribution is 9.10. The molecular weight excluding hydrogens is 286 g/mol. The fraction of sp³-hybridized carbons (Fsp3) is 0.500. The van der Waals surface area contributed by atoms with Gasteiger partial charge in [0.2, 0.25) is 0 Å². The molecule has 0 spiro atoms. The number of halogens is 1. The van der Waals surface area contributed by atoms with Crippen molar-refractivity contribution in [2.75, 3.05) is 7.05 Å². The number of hydrogen-bond donors (Lipinski definition) is 1. The first kappa shape index (κ1) is 15.5. The molecule has 1 atom stereocenters. The molecule has 1 unspecified atom stereocenters. The molecule has 1 aromatic rings. The molecule has 0 saturated heterocycles. The lowest BCUT2D eigenvalue weighted by Gasteiger charge is -2.17. The Kier molecular flexibility index (Phi) is 7.29. The topological polar surface area (TPSA) is 12.0 Å². The number of hydrogen-bond acceptors (Lipinski definition) is 1. The first-order chi connectivity index (χ1) is 8.69. The van der Waals surface area contributed by atoms with Gasteiger partial charge in [0.15, 0.2) is 0 Å². The van der Waals surface area contributed by atoms with E-state index < -0.39 is 0 Å². The number of aryl methyl sites for hydroxylation is 1. The highest BCUT2D eigenvalue weighted by atomic mass is 79.9. The van der Waals surface area contributed by atoms with Crippen LogP contribution in [-0.2, 0) is 0 Å². The maximum Gasteiger partial charge on any atom is 0.0317 e. The number of allylic oxidation sites excluding steroid dienone is 1. The lowest BCUT2D eigenvalue weighted by Crippen LogP contribution is -2.16. The zero-order valence-electron chi connectivity index (χ0n) is 11.5. The summed E-state index contributed by atoms with van der Waals surface area (Å²) >= 11 is 3.61. The van der Waals surface area contributed by atoms with Crippen molar-refractivity contribution in [2.24, 2.45) is 0 Å². The second-order valence-corrected chi connectivity index (χ2v) is 5.63. The molecular formula is C16H24BrN. The van der Waals surface area contributed by atoms with Crippen LogP contribution in [0.15, 0.2) is 35.3 Å². The molecule has 0 aliphatic rings. The van der Waals surface area contributed by atoms with Crippen LogP contribution in [0.1, 0.15) is 49.3 Å². The van der Waals surface area contributed by atoms with E-state index in [1.165, 1.54) is 41.3 Å². The summed E-state index contributed by atoms with van der Waals surface area (Å²) in [6.45, 7) is 5.88. The lowest BCUT2D eigenvalue weighted by atomic mass is 9.99. The molecule has 0 aliphatic heterocycles. The van der Waals surface area contributed by atoms with E-state index in [0.717, 1.165) is 6.42 Å². The average Bonchev–Trinajstić information content (AvgIpc) is 2.37. The van der Waals surface area contributed by atoms with Gasteiger partial charge in [-0.3, -0.25) is 0 Å². The quantitative estimate of drug-likeness (QED) is 0.517. The van der Waals surface area contributed by atoms with Gasteiger partial charge in [0.05, 0.1) is 0 Å². The molecule has 0 radical (unpaired) electrons. The number of nitrogens with one attached hydrogen (secondary N) is 1. The van der Waals surface area contributed by atoms with Crippen LogP contribution in [0, 0.1) is 6.92 Å². The predicted molar refractivity (Wildman–Crippen MR) is 84.0 cm³/mol. The average molecular weight is 310 g/mol. The van der Waals surface area contributed by atoms with Gasteiger partial charge in [0.25, 0.3) is 0 Å². The van der Waals surface area contributed by atoms with Gasteiger partial charge in [-0.05, 0) is 50.4 Å². The third kappa shape index (κ3) is 4.95. The van der Waals surface area contributed by atoms with Crippen LogP contribution in [0.5, 0.6) is 0 Å². The summed E-state index contributed by atoms with van der Waals surface area (Å²) < 4.78 is 1.20. The number of rotatable bonds is 8. The van der Waals surface area contributed by atoms with Gasteiger partial charge in [-0.25, -0.2) is 0 Å². The predicted octanol–water partition coefficient (Wildman–Crippen LogP) is 5.15. The van der Waals surface area contributed by atoms with Gasteiger partial charge < -0.3 is 5.32 Å². The molecule has 0 saturated carbocycles. The second kappa shape index (κ2) is 8.49. The van der Waals surface area contributed by atoms with Crippen molar-refractivity contribution in [2.45, 2.75) is 45.1 Å². The minimum absolute atomic E-state index is 0.464. The molecule has 1 N–H and O–H groups in total. The van der Waals surface area contributed by atoms with Crippen molar-refractivity contribution in [3.63, 3.8) is 0 Å². The molecule has 1 aromatic carbocycles. The summed E-state index contributed by atoms with van der Waals surface area (Å²) in [4.78, 5) is 0. The van der Waals surface area contributed by atoms with Crippen molar-refractivity contribution >= 4 is 15.9 Å². The molecule has 0 heterocycles. The minimum atomic E-state index is 0.464.